The van der Waals surface area contributed by atoms with E-state index in [1.807, 2.05) is 13.8 Å². The molecule has 1 fully saturated rings. The van der Waals surface area contributed by atoms with Crippen molar-refractivity contribution in [2.75, 3.05) is 6.61 Å². The van der Waals surface area contributed by atoms with Gasteiger partial charge in [0.15, 0.2) is 0 Å². The van der Waals surface area contributed by atoms with E-state index >= 15 is 0 Å². The number of carbonyl (C=O) groups is 1. The molecule has 0 spiro atoms. The van der Waals surface area contributed by atoms with E-state index in [4.69, 9.17) is 16.3 Å². The molecule has 1 aromatic rings. The van der Waals surface area contributed by atoms with E-state index in [1.165, 1.54) is 0 Å². The van der Waals surface area contributed by atoms with Crippen LogP contribution in [0.2, 0.25) is 5.02 Å². The molecule has 0 saturated heterocycles. The van der Waals surface area contributed by atoms with Gasteiger partial charge in [0.2, 0.25) is 11.8 Å². The van der Waals surface area contributed by atoms with Gasteiger partial charge in [-0.2, -0.15) is 0 Å². The molecule has 1 saturated carbocycles. The maximum absolute atomic E-state index is 12.3. The smallest absolute Gasteiger partial charge is 0.232 e. The highest BCUT2D eigenvalue weighted by Gasteiger charge is 2.35. The Morgan fingerprint density at radius 2 is 2.36 bits per heavy atom. The Bertz CT molecular complexity index is 526. The van der Waals surface area contributed by atoms with Gasteiger partial charge in [-0.1, -0.05) is 18.5 Å². The van der Waals surface area contributed by atoms with E-state index in [0.717, 1.165) is 12.8 Å². The Morgan fingerprint density at radius 1 is 1.59 bits per heavy atom. The Hall–Kier alpha value is -1.33. The summed E-state index contributed by atoms with van der Waals surface area (Å²) in [5.74, 6) is -0.0617. The number of rotatable bonds is 6. The minimum Gasteiger partial charge on any atom is -0.474 e. The Balaban J connectivity index is 1.96. The van der Waals surface area contributed by atoms with Crippen molar-refractivity contribution in [1.82, 2.24) is 10.3 Å². The molecule has 3 unspecified atom stereocenters. The third-order valence-corrected chi connectivity index (χ3v) is 4.56. The second kappa shape index (κ2) is 7.29. The van der Waals surface area contributed by atoms with Gasteiger partial charge < -0.3 is 15.2 Å². The lowest BCUT2D eigenvalue weighted by atomic mass is 9.97. The zero-order valence-corrected chi connectivity index (χ0v) is 13.8. The molecule has 0 radical (unpaired) electrons. The lowest BCUT2D eigenvalue weighted by molar-refractivity contribution is -0.129. The van der Waals surface area contributed by atoms with Gasteiger partial charge in [0, 0.05) is 6.20 Å². The lowest BCUT2D eigenvalue weighted by Gasteiger charge is -2.31. The normalized spacial score (nSPS) is 23.8. The van der Waals surface area contributed by atoms with Crippen LogP contribution in [0.5, 0.6) is 5.88 Å². The highest BCUT2D eigenvalue weighted by molar-refractivity contribution is 6.31. The average molecular weight is 327 g/mol. The molecule has 3 atom stereocenters. The molecule has 1 aliphatic carbocycles. The first-order valence-electron chi connectivity index (χ1n) is 7.68. The van der Waals surface area contributed by atoms with Crippen molar-refractivity contribution in [3.63, 3.8) is 0 Å². The van der Waals surface area contributed by atoms with Crippen LogP contribution in [0.1, 0.15) is 39.5 Å². The van der Waals surface area contributed by atoms with Crippen molar-refractivity contribution in [2.24, 2.45) is 5.92 Å². The number of hydrogen-bond donors (Lipinski definition) is 2. The van der Waals surface area contributed by atoms with E-state index in [-0.39, 0.29) is 18.4 Å². The van der Waals surface area contributed by atoms with Crippen molar-refractivity contribution >= 4 is 17.5 Å². The van der Waals surface area contributed by atoms with Gasteiger partial charge in [0.1, 0.15) is 11.6 Å². The van der Waals surface area contributed by atoms with Crippen LogP contribution in [0.4, 0.5) is 0 Å². The Kier molecular flexibility index (Phi) is 5.64. The standard InChI is InChI=1S/C16H23ClN2O3/c1-3-16(2,10-22-15-12(17)7-5-9-18-15)19-14(21)11-6-4-8-13(11)20/h5,7,9,11,13,20H,3-4,6,8,10H2,1-2H3,(H,19,21). The number of pyridine rings is 1. The molecule has 122 valence electrons. The van der Waals surface area contributed by atoms with Crippen molar-refractivity contribution in [2.45, 2.75) is 51.2 Å². The Labute approximate surface area is 136 Å². The topological polar surface area (TPSA) is 71.5 Å². The molecule has 5 nitrogen and oxygen atoms in total. The number of halogens is 1. The van der Waals surface area contributed by atoms with E-state index in [0.29, 0.717) is 23.7 Å². The highest BCUT2D eigenvalue weighted by Crippen LogP contribution is 2.27. The fraction of sp³-hybridized carbons (Fsp3) is 0.625. The predicted molar refractivity (Wildman–Crippen MR) is 84.9 cm³/mol. The van der Waals surface area contributed by atoms with E-state index < -0.39 is 11.6 Å². The lowest BCUT2D eigenvalue weighted by Crippen LogP contribution is -2.52. The van der Waals surface area contributed by atoms with E-state index in [1.54, 1.807) is 18.3 Å². The maximum Gasteiger partial charge on any atom is 0.232 e. The highest BCUT2D eigenvalue weighted by atomic mass is 35.5. The zero-order chi connectivity index (χ0) is 16.2. The predicted octanol–water partition coefficient (Wildman–Crippen LogP) is 2.56. The fourth-order valence-corrected chi connectivity index (χ4v) is 2.74. The quantitative estimate of drug-likeness (QED) is 0.842. The van der Waals surface area contributed by atoms with Crippen LogP contribution in [0.15, 0.2) is 18.3 Å². The number of aromatic nitrogens is 1. The number of amides is 1. The molecule has 2 rings (SSSR count). The van der Waals surface area contributed by atoms with Gasteiger partial charge in [0.25, 0.3) is 0 Å². The summed E-state index contributed by atoms with van der Waals surface area (Å²) < 4.78 is 5.66. The monoisotopic (exact) mass is 326 g/mol. The van der Waals surface area contributed by atoms with Gasteiger partial charge in [-0.15, -0.1) is 0 Å². The van der Waals surface area contributed by atoms with Crippen LogP contribution in [-0.4, -0.2) is 34.2 Å². The summed E-state index contributed by atoms with van der Waals surface area (Å²) in [6.45, 7) is 4.17. The fourth-order valence-electron chi connectivity index (χ4n) is 2.57. The summed E-state index contributed by atoms with van der Waals surface area (Å²) >= 11 is 6.02. The van der Waals surface area contributed by atoms with Crippen LogP contribution in [0, 0.1) is 5.92 Å². The number of aliphatic hydroxyl groups is 1. The number of carbonyl (C=O) groups excluding carboxylic acids is 1. The molecule has 22 heavy (non-hydrogen) atoms. The third-order valence-electron chi connectivity index (χ3n) is 4.27. The summed E-state index contributed by atoms with van der Waals surface area (Å²) in [7, 11) is 0. The summed E-state index contributed by atoms with van der Waals surface area (Å²) in [5.41, 5.74) is -0.528. The molecule has 1 aliphatic rings. The van der Waals surface area contributed by atoms with Crippen molar-refractivity contribution in [3.05, 3.63) is 23.4 Å². The first-order valence-corrected chi connectivity index (χ1v) is 8.06. The third kappa shape index (κ3) is 4.11. The number of ether oxygens (including phenoxy) is 1. The van der Waals surface area contributed by atoms with Gasteiger partial charge in [-0.05, 0) is 44.7 Å². The largest absolute Gasteiger partial charge is 0.474 e. The summed E-state index contributed by atoms with van der Waals surface area (Å²) in [6, 6.07) is 3.44. The van der Waals surface area contributed by atoms with Crippen LogP contribution in [-0.2, 0) is 4.79 Å². The zero-order valence-electron chi connectivity index (χ0n) is 13.0. The molecule has 1 aromatic heterocycles. The second-order valence-electron chi connectivity index (χ2n) is 6.09. The Morgan fingerprint density at radius 3 is 2.95 bits per heavy atom. The summed E-state index contributed by atoms with van der Waals surface area (Å²) in [4.78, 5) is 16.4. The molecular weight excluding hydrogens is 304 g/mol. The van der Waals surface area contributed by atoms with Crippen molar-refractivity contribution in [3.8, 4) is 5.88 Å². The van der Waals surface area contributed by atoms with Crippen molar-refractivity contribution in [1.29, 1.82) is 0 Å². The first-order chi connectivity index (χ1) is 10.4. The van der Waals surface area contributed by atoms with E-state index in [2.05, 4.69) is 10.3 Å². The molecule has 0 aromatic carbocycles. The summed E-state index contributed by atoms with van der Waals surface area (Å²) in [5, 5.41) is 13.3. The molecule has 1 heterocycles. The molecule has 0 bridgehead atoms. The summed E-state index contributed by atoms with van der Waals surface area (Å²) in [6.07, 6.45) is 4.10. The van der Waals surface area contributed by atoms with Crippen LogP contribution < -0.4 is 10.1 Å². The number of nitrogens with zero attached hydrogens (tertiary/aromatic N) is 1. The molecule has 0 aliphatic heterocycles. The number of hydrogen-bond acceptors (Lipinski definition) is 4. The number of nitrogens with one attached hydrogen (secondary N) is 1. The second-order valence-corrected chi connectivity index (χ2v) is 6.49. The molecular formula is C16H23ClN2O3. The molecule has 6 heteroatoms. The first kappa shape index (κ1) is 17.0. The van der Waals surface area contributed by atoms with Crippen LogP contribution in [0.3, 0.4) is 0 Å². The minimum atomic E-state index is -0.535. The van der Waals surface area contributed by atoms with Gasteiger partial charge in [0.05, 0.1) is 17.6 Å². The molecule has 2 N–H and O–H groups in total. The van der Waals surface area contributed by atoms with Gasteiger partial charge in [-0.25, -0.2) is 4.98 Å². The maximum atomic E-state index is 12.3. The van der Waals surface area contributed by atoms with Gasteiger partial charge in [-0.3, -0.25) is 4.79 Å². The average Bonchev–Trinajstić information content (AvgIpc) is 2.93. The van der Waals surface area contributed by atoms with E-state index in [9.17, 15) is 9.90 Å². The van der Waals surface area contributed by atoms with Gasteiger partial charge >= 0.3 is 0 Å². The van der Waals surface area contributed by atoms with Crippen molar-refractivity contribution < 1.29 is 14.6 Å². The van der Waals surface area contributed by atoms with Crippen LogP contribution >= 0.6 is 11.6 Å². The SMILES string of the molecule is CCC(C)(COc1ncccc1Cl)NC(=O)C1CCCC1O. The van der Waals surface area contributed by atoms with Crippen LogP contribution in [0.25, 0.3) is 0 Å². The minimum absolute atomic E-state index is 0.106. The molecule has 1 amide bonds. The number of aliphatic hydroxyl groups excluding tert-OH is 1.